The van der Waals surface area contributed by atoms with Crippen LogP contribution in [0, 0.1) is 0 Å². The third-order valence-corrected chi connectivity index (χ3v) is 7.08. The monoisotopic (exact) mass is 507 g/mol. The third-order valence-electron chi connectivity index (χ3n) is 7.08. The normalized spacial score (nSPS) is 10.9. The minimum atomic E-state index is -1.23. The standard InChI is InChI=1S/C24H52N.C5H8O4.Na/c1-5-9-11-13-15-17-19-21-23-25(7-3,8-4)24-22-20-18-16-14-12-10-6-2;6-4(7)2-1-3-5(8)9;/h5-24H2,1-4H3;1-3H2,(H,6,7)(H,8,9);/q+1;;+1/p-2. The topological polar surface area (TPSA) is 80.3 Å². The molecule has 0 aromatic heterocycles. The third kappa shape index (κ3) is 30.0. The Labute approximate surface area is 240 Å². The number of carboxylic acids is 2. The molecular formula is C29H58NNaO4. The van der Waals surface area contributed by atoms with E-state index < -0.39 is 11.9 Å². The fraction of sp³-hybridized carbons (Fsp3) is 0.931. The fourth-order valence-corrected chi connectivity index (χ4v) is 4.51. The molecule has 0 atom stereocenters. The van der Waals surface area contributed by atoms with Crippen LogP contribution in [-0.2, 0) is 9.59 Å². The second-order valence-corrected chi connectivity index (χ2v) is 9.97. The zero-order chi connectivity index (χ0) is 25.9. The zero-order valence-electron chi connectivity index (χ0n) is 24.3. The number of rotatable bonds is 24. The first kappa shape index (κ1) is 39.4. The molecule has 0 saturated carbocycles. The van der Waals surface area contributed by atoms with Crippen molar-refractivity contribution in [3.8, 4) is 0 Å². The van der Waals surface area contributed by atoms with E-state index in [0.29, 0.717) is 0 Å². The molecule has 0 heterocycles. The molecule has 0 aliphatic carbocycles. The smallest absolute Gasteiger partial charge is 0.550 e. The molecule has 35 heavy (non-hydrogen) atoms. The first-order valence-corrected chi connectivity index (χ1v) is 14.6. The predicted octanol–water partition coefficient (Wildman–Crippen LogP) is 2.78. The minimum Gasteiger partial charge on any atom is -0.550 e. The summed E-state index contributed by atoms with van der Waals surface area (Å²) in [6, 6.07) is 0. The van der Waals surface area contributed by atoms with E-state index in [1.807, 2.05) is 0 Å². The van der Waals surface area contributed by atoms with Crippen LogP contribution in [0.5, 0.6) is 0 Å². The van der Waals surface area contributed by atoms with E-state index in [-0.39, 0.29) is 48.8 Å². The molecule has 0 bridgehead atoms. The van der Waals surface area contributed by atoms with Gasteiger partial charge in [-0.2, -0.15) is 0 Å². The Morgan fingerprint density at radius 1 is 0.486 bits per heavy atom. The van der Waals surface area contributed by atoms with Gasteiger partial charge in [-0.15, -0.1) is 0 Å². The maximum Gasteiger partial charge on any atom is 1.00 e. The Bertz CT molecular complexity index is 420. The van der Waals surface area contributed by atoms with Crippen LogP contribution in [-0.4, -0.2) is 42.6 Å². The number of quaternary nitrogens is 1. The van der Waals surface area contributed by atoms with Crippen LogP contribution in [0.1, 0.15) is 150 Å². The molecule has 0 aliphatic rings. The van der Waals surface area contributed by atoms with Crippen molar-refractivity contribution in [2.75, 3.05) is 26.2 Å². The molecule has 0 saturated heterocycles. The van der Waals surface area contributed by atoms with Gasteiger partial charge in [0.25, 0.3) is 0 Å². The first-order chi connectivity index (χ1) is 16.4. The largest absolute Gasteiger partial charge is 1.00 e. The van der Waals surface area contributed by atoms with Crippen molar-refractivity contribution in [2.45, 2.75) is 150 Å². The zero-order valence-corrected chi connectivity index (χ0v) is 26.3. The number of hydrogen-bond donors (Lipinski definition) is 0. The average molecular weight is 508 g/mol. The van der Waals surface area contributed by atoms with Crippen molar-refractivity contribution in [2.24, 2.45) is 0 Å². The molecule has 0 aromatic rings. The fourth-order valence-electron chi connectivity index (χ4n) is 4.51. The van der Waals surface area contributed by atoms with Crippen LogP contribution in [0.2, 0.25) is 0 Å². The minimum absolute atomic E-state index is 0. The van der Waals surface area contributed by atoms with Gasteiger partial charge in [-0.25, -0.2) is 0 Å². The van der Waals surface area contributed by atoms with Crippen LogP contribution < -0.4 is 39.8 Å². The summed E-state index contributed by atoms with van der Waals surface area (Å²) >= 11 is 0. The maximum atomic E-state index is 9.66. The Kier molecular flexibility index (Phi) is 33.9. The molecule has 0 amide bonds. The number of unbranched alkanes of at least 4 members (excludes halogenated alkanes) is 14. The molecule has 0 rings (SSSR count). The molecule has 204 valence electrons. The van der Waals surface area contributed by atoms with Gasteiger partial charge < -0.3 is 24.3 Å². The summed E-state index contributed by atoms with van der Waals surface area (Å²) in [7, 11) is 0. The van der Waals surface area contributed by atoms with Gasteiger partial charge in [0.05, 0.1) is 26.2 Å². The molecule has 0 aliphatic heterocycles. The van der Waals surface area contributed by atoms with E-state index in [1.54, 1.807) is 0 Å². The molecule has 0 aromatic carbocycles. The van der Waals surface area contributed by atoms with E-state index in [9.17, 15) is 19.8 Å². The van der Waals surface area contributed by atoms with Gasteiger partial charge in [0.1, 0.15) is 0 Å². The summed E-state index contributed by atoms with van der Waals surface area (Å²) in [5.41, 5.74) is 0. The van der Waals surface area contributed by atoms with Gasteiger partial charge in [-0.05, 0) is 58.8 Å². The Balaban J connectivity index is -0.000000866. The number of carbonyl (C=O) groups is 2. The van der Waals surface area contributed by atoms with Crippen molar-refractivity contribution in [1.82, 2.24) is 0 Å². The van der Waals surface area contributed by atoms with Gasteiger partial charge in [0, 0.05) is 11.9 Å². The van der Waals surface area contributed by atoms with E-state index >= 15 is 0 Å². The van der Waals surface area contributed by atoms with Crippen LogP contribution in [0.25, 0.3) is 0 Å². The van der Waals surface area contributed by atoms with Crippen molar-refractivity contribution >= 4 is 11.9 Å². The molecule has 0 radical (unpaired) electrons. The second-order valence-electron chi connectivity index (χ2n) is 9.97. The van der Waals surface area contributed by atoms with E-state index in [0.717, 1.165) is 0 Å². The Morgan fingerprint density at radius 2 is 0.771 bits per heavy atom. The number of nitrogens with zero attached hydrogens (tertiary/aromatic N) is 1. The van der Waals surface area contributed by atoms with Crippen molar-refractivity contribution in [1.29, 1.82) is 0 Å². The van der Waals surface area contributed by atoms with Gasteiger partial charge in [0.2, 0.25) is 0 Å². The van der Waals surface area contributed by atoms with E-state index in [4.69, 9.17) is 0 Å². The predicted molar refractivity (Wildman–Crippen MR) is 140 cm³/mol. The average Bonchev–Trinajstić information content (AvgIpc) is 2.81. The van der Waals surface area contributed by atoms with Crippen LogP contribution in [0.15, 0.2) is 0 Å². The first-order valence-electron chi connectivity index (χ1n) is 14.6. The molecular weight excluding hydrogens is 449 g/mol. The van der Waals surface area contributed by atoms with Crippen molar-refractivity contribution in [3.05, 3.63) is 0 Å². The van der Waals surface area contributed by atoms with Gasteiger partial charge in [-0.3, -0.25) is 0 Å². The molecule has 6 heteroatoms. The summed E-state index contributed by atoms with van der Waals surface area (Å²) < 4.78 is 1.38. The number of carbonyl (C=O) groups excluding carboxylic acids is 2. The van der Waals surface area contributed by atoms with Crippen LogP contribution in [0.3, 0.4) is 0 Å². The second kappa shape index (κ2) is 30.1. The van der Waals surface area contributed by atoms with Crippen LogP contribution in [0.4, 0.5) is 0 Å². The quantitative estimate of drug-likeness (QED) is 0.114. The number of aliphatic carboxylic acids is 2. The van der Waals surface area contributed by atoms with Crippen molar-refractivity contribution < 1.29 is 53.8 Å². The van der Waals surface area contributed by atoms with E-state index in [1.165, 1.54) is 133 Å². The summed E-state index contributed by atoms with van der Waals surface area (Å²) in [4.78, 5) is 19.3. The van der Waals surface area contributed by atoms with Gasteiger partial charge in [0.15, 0.2) is 0 Å². The van der Waals surface area contributed by atoms with Gasteiger partial charge in [-0.1, -0.05) is 90.9 Å². The molecule has 5 nitrogen and oxygen atoms in total. The van der Waals surface area contributed by atoms with Crippen LogP contribution >= 0.6 is 0 Å². The SMILES string of the molecule is CCCCCCCCCC[N+](CC)(CC)CCCCCCCCCC.O=C([O-])CCCC(=O)[O-].[Na+]. The molecule has 0 fully saturated rings. The number of carboxylic acid groups (broad SMARTS) is 2. The summed E-state index contributed by atoms with van der Waals surface area (Å²) in [5.74, 6) is -2.45. The molecule has 0 spiro atoms. The molecule has 0 unspecified atom stereocenters. The summed E-state index contributed by atoms with van der Waals surface area (Å²) in [5, 5.41) is 19.3. The summed E-state index contributed by atoms with van der Waals surface area (Å²) in [6.07, 6.45) is 22.8. The molecule has 0 N–H and O–H groups in total. The van der Waals surface area contributed by atoms with Crippen molar-refractivity contribution in [3.63, 3.8) is 0 Å². The van der Waals surface area contributed by atoms with Gasteiger partial charge >= 0.3 is 29.6 Å². The Morgan fingerprint density at radius 3 is 1.03 bits per heavy atom. The maximum absolute atomic E-state index is 9.66. The summed E-state index contributed by atoms with van der Waals surface area (Å²) in [6.45, 7) is 15.0. The van der Waals surface area contributed by atoms with E-state index in [2.05, 4.69) is 27.7 Å². The number of hydrogen-bond acceptors (Lipinski definition) is 4. The Hall–Kier alpha value is -0.100.